The first-order chi connectivity index (χ1) is 6.61. The standard InChI is InChI=1S/C10H11IO3/c1-6(12)9-8(13-2)5-4-7(11)10(9)14-3/h4-5H,1-3H3. The Balaban J connectivity index is 3.43. The summed E-state index contributed by atoms with van der Waals surface area (Å²) in [6.45, 7) is 1.50. The van der Waals surface area contributed by atoms with Gasteiger partial charge in [0.05, 0.1) is 17.8 Å². The van der Waals surface area contributed by atoms with Gasteiger partial charge in [-0.15, -0.1) is 0 Å². The van der Waals surface area contributed by atoms with Crippen molar-refractivity contribution in [2.45, 2.75) is 6.92 Å². The Hall–Kier alpha value is -0.780. The number of hydrogen-bond acceptors (Lipinski definition) is 3. The molecule has 0 unspecified atom stereocenters. The minimum absolute atomic E-state index is 0.0581. The van der Waals surface area contributed by atoms with E-state index in [1.54, 1.807) is 13.2 Å². The minimum Gasteiger partial charge on any atom is -0.496 e. The zero-order valence-electron chi connectivity index (χ0n) is 8.26. The lowest BCUT2D eigenvalue weighted by Gasteiger charge is -2.11. The van der Waals surface area contributed by atoms with E-state index in [1.165, 1.54) is 14.0 Å². The van der Waals surface area contributed by atoms with Crippen LogP contribution in [0, 0.1) is 3.57 Å². The van der Waals surface area contributed by atoms with Crippen LogP contribution in [0.25, 0.3) is 0 Å². The summed E-state index contributed by atoms with van der Waals surface area (Å²) in [6.07, 6.45) is 0. The molecule has 14 heavy (non-hydrogen) atoms. The topological polar surface area (TPSA) is 35.5 Å². The summed E-state index contributed by atoms with van der Waals surface area (Å²) in [5, 5.41) is 0. The van der Waals surface area contributed by atoms with Crippen LogP contribution >= 0.6 is 22.6 Å². The zero-order valence-corrected chi connectivity index (χ0v) is 10.4. The van der Waals surface area contributed by atoms with Crippen molar-refractivity contribution in [3.8, 4) is 11.5 Å². The van der Waals surface area contributed by atoms with Gasteiger partial charge in [-0.25, -0.2) is 0 Å². The van der Waals surface area contributed by atoms with E-state index in [4.69, 9.17) is 9.47 Å². The van der Waals surface area contributed by atoms with Crippen LogP contribution in [0.3, 0.4) is 0 Å². The van der Waals surface area contributed by atoms with Gasteiger partial charge in [-0.3, -0.25) is 4.79 Å². The van der Waals surface area contributed by atoms with E-state index in [0.29, 0.717) is 17.1 Å². The third-order valence-corrected chi connectivity index (χ3v) is 2.70. The summed E-state index contributed by atoms with van der Waals surface area (Å²) in [5.74, 6) is 1.07. The summed E-state index contributed by atoms with van der Waals surface area (Å²) < 4.78 is 11.2. The number of hydrogen-bond donors (Lipinski definition) is 0. The highest BCUT2D eigenvalue weighted by Gasteiger charge is 2.16. The predicted octanol–water partition coefficient (Wildman–Crippen LogP) is 2.51. The molecule has 0 atom stereocenters. The lowest BCUT2D eigenvalue weighted by Crippen LogP contribution is -2.02. The first kappa shape index (κ1) is 11.3. The molecule has 1 aromatic carbocycles. The van der Waals surface area contributed by atoms with Crippen molar-refractivity contribution in [2.24, 2.45) is 0 Å². The Morgan fingerprint density at radius 1 is 1.29 bits per heavy atom. The molecule has 0 aliphatic carbocycles. The Morgan fingerprint density at radius 2 is 1.93 bits per heavy atom. The normalized spacial score (nSPS) is 9.71. The van der Waals surface area contributed by atoms with Gasteiger partial charge < -0.3 is 9.47 Å². The van der Waals surface area contributed by atoms with E-state index in [1.807, 2.05) is 6.07 Å². The summed E-state index contributed by atoms with van der Waals surface area (Å²) in [4.78, 5) is 11.4. The van der Waals surface area contributed by atoms with Crippen LogP contribution in [0.4, 0.5) is 0 Å². The maximum atomic E-state index is 11.4. The molecule has 0 saturated heterocycles. The van der Waals surface area contributed by atoms with Crippen LogP contribution in [-0.2, 0) is 0 Å². The second-order valence-electron chi connectivity index (χ2n) is 2.71. The molecule has 0 aromatic heterocycles. The summed E-state index contributed by atoms with van der Waals surface area (Å²) in [7, 11) is 3.08. The van der Waals surface area contributed by atoms with Crippen molar-refractivity contribution < 1.29 is 14.3 Å². The Morgan fingerprint density at radius 3 is 2.36 bits per heavy atom. The molecule has 0 heterocycles. The third-order valence-electron chi connectivity index (χ3n) is 1.85. The average molecular weight is 306 g/mol. The number of Topliss-reactive ketones (excluding diaryl/α,β-unsaturated/α-hetero) is 1. The highest BCUT2D eigenvalue weighted by Crippen LogP contribution is 2.33. The van der Waals surface area contributed by atoms with E-state index >= 15 is 0 Å². The predicted molar refractivity (Wildman–Crippen MR) is 62.3 cm³/mol. The van der Waals surface area contributed by atoms with Crippen LogP contribution < -0.4 is 9.47 Å². The number of halogens is 1. The second kappa shape index (κ2) is 4.63. The number of methoxy groups -OCH3 is 2. The molecule has 4 heteroatoms. The van der Waals surface area contributed by atoms with Crippen LogP contribution in [-0.4, -0.2) is 20.0 Å². The zero-order chi connectivity index (χ0) is 10.7. The Labute approximate surface area is 96.5 Å². The molecule has 0 amide bonds. The molecular formula is C10H11IO3. The van der Waals surface area contributed by atoms with Gasteiger partial charge in [-0.2, -0.15) is 0 Å². The maximum absolute atomic E-state index is 11.4. The summed E-state index contributed by atoms with van der Waals surface area (Å²) in [5.41, 5.74) is 0.502. The Bertz CT molecular complexity index is 361. The Kier molecular flexibility index (Phi) is 3.74. The van der Waals surface area contributed by atoms with E-state index in [0.717, 1.165) is 3.57 Å². The highest BCUT2D eigenvalue weighted by molar-refractivity contribution is 14.1. The molecule has 0 aliphatic rings. The highest BCUT2D eigenvalue weighted by atomic mass is 127. The molecule has 0 saturated carbocycles. The van der Waals surface area contributed by atoms with Gasteiger partial charge >= 0.3 is 0 Å². The molecule has 0 fully saturated rings. The molecule has 0 aliphatic heterocycles. The van der Waals surface area contributed by atoms with Crippen LogP contribution in [0.5, 0.6) is 11.5 Å². The number of carbonyl (C=O) groups is 1. The van der Waals surface area contributed by atoms with Crippen molar-refractivity contribution in [2.75, 3.05) is 14.2 Å². The van der Waals surface area contributed by atoms with E-state index in [9.17, 15) is 4.79 Å². The largest absolute Gasteiger partial charge is 0.496 e. The summed E-state index contributed by atoms with van der Waals surface area (Å²) in [6, 6.07) is 3.62. The molecule has 0 radical (unpaired) electrons. The maximum Gasteiger partial charge on any atom is 0.167 e. The molecule has 0 spiro atoms. The molecule has 76 valence electrons. The number of carbonyl (C=O) groups excluding carboxylic acids is 1. The van der Waals surface area contributed by atoms with Crippen molar-refractivity contribution in [1.82, 2.24) is 0 Å². The van der Waals surface area contributed by atoms with E-state index in [-0.39, 0.29) is 5.78 Å². The first-order valence-electron chi connectivity index (χ1n) is 4.03. The first-order valence-corrected chi connectivity index (χ1v) is 5.11. The molecule has 0 N–H and O–H groups in total. The molecule has 3 nitrogen and oxygen atoms in total. The lowest BCUT2D eigenvalue weighted by atomic mass is 10.1. The van der Waals surface area contributed by atoms with Gasteiger partial charge in [0.2, 0.25) is 0 Å². The van der Waals surface area contributed by atoms with Gasteiger partial charge in [0.15, 0.2) is 5.78 Å². The fraction of sp³-hybridized carbons (Fsp3) is 0.300. The lowest BCUT2D eigenvalue weighted by molar-refractivity contribution is 0.101. The minimum atomic E-state index is -0.0581. The van der Waals surface area contributed by atoms with Crippen molar-refractivity contribution in [3.63, 3.8) is 0 Å². The summed E-state index contributed by atoms with van der Waals surface area (Å²) >= 11 is 2.12. The number of rotatable bonds is 3. The van der Waals surface area contributed by atoms with E-state index in [2.05, 4.69) is 22.6 Å². The fourth-order valence-electron chi connectivity index (χ4n) is 1.24. The van der Waals surface area contributed by atoms with Crippen molar-refractivity contribution in [3.05, 3.63) is 21.3 Å². The van der Waals surface area contributed by atoms with Crippen LogP contribution in [0.2, 0.25) is 0 Å². The molecule has 1 aromatic rings. The van der Waals surface area contributed by atoms with Gasteiger partial charge in [0.1, 0.15) is 17.1 Å². The van der Waals surface area contributed by atoms with Gasteiger partial charge in [0.25, 0.3) is 0 Å². The van der Waals surface area contributed by atoms with Crippen LogP contribution in [0.1, 0.15) is 17.3 Å². The molecule has 0 bridgehead atoms. The van der Waals surface area contributed by atoms with Gasteiger partial charge in [0, 0.05) is 0 Å². The molecule has 1 rings (SSSR count). The number of ether oxygens (including phenoxy) is 2. The van der Waals surface area contributed by atoms with Crippen LogP contribution in [0.15, 0.2) is 12.1 Å². The smallest absolute Gasteiger partial charge is 0.167 e. The monoisotopic (exact) mass is 306 g/mol. The fourth-order valence-corrected chi connectivity index (χ4v) is 1.91. The van der Waals surface area contributed by atoms with Gasteiger partial charge in [-0.1, -0.05) is 0 Å². The number of benzene rings is 1. The number of ketones is 1. The molecular weight excluding hydrogens is 295 g/mol. The van der Waals surface area contributed by atoms with Gasteiger partial charge in [-0.05, 0) is 41.6 Å². The van der Waals surface area contributed by atoms with Crippen molar-refractivity contribution in [1.29, 1.82) is 0 Å². The second-order valence-corrected chi connectivity index (χ2v) is 3.88. The third kappa shape index (κ3) is 2.00. The average Bonchev–Trinajstić information content (AvgIpc) is 2.17. The SMILES string of the molecule is COc1ccc(I)c(OC)c1C(C)=O. The van der Waals surface area contributed by atoms with Crippen molar-refractivity contribution >= 4 is 28.4 Å². The quantitative estimate of drug-likeness (QED) is 0.636. The van der Waals surface area contributed by atoms with E-state index < -0.39 is 0 Å².